The lowest BCUT2D eigenvalue weighted by Gasteiger charge is -2.18. The fraction of sp³-hybridized carbons (Fsp3) is 0.308. The zero-order chi connectivity index (χ0) is 14.9. The number of carbonyl (C=O) groups excluding carboxylic acids is 2. The van der Waals surface area contributed by atoms with Crippen LogP contribution in [0.3, 0.4) is 0 Å². The van der Waals surface area contributed by atoms with Gasteiger partial charge in [0.2, 0.25) is 0 Å². The molecule has 2 N–H and O–H groups in total. The van der Waals surface area contributed by atoms with Gasteiger partial charge in [-0.2, -0.15) is 0 Å². The van der Waals surface area contributed by atoms with Crippen LogP contribution in [0.1, 0.15) is 19.6 Å². The molecule has 0 aromatic carbocycles. The van der Waals surface area contributed by atoms with Gasteiger partial charge < -0.3 is 14.8 Å². The van der Waals surface area contributed by atoms with Crippen LogP contribution in [0.2, 0.25) is 0 Å². The molecule has 1 aliphatic heterocycles. The van der Waals surface area contributed by atoms with Crippen molar-refractivity contribution >= 4 is 17.9 Å². The van der Waals surface area contributed by atoms with E-state index < -0.39 is 23.4 Å². The molecule has 0 aliphatic carbocycles. The highest BCUT2D eigenvalue weighted by molar-refractivity contribution is 6.07. The SMILES string of the molecule is CC(=CCN1C(=O)NC(C)(c2ccco2)C1=O)C(=O)O. The van der Waals surface area contributed by atoms with Crippen LogP contribution in [0.25, 0.3) is 0 Å². The van der Waals surface area contributed by atoms with E-state index in [1.54, 1.807) is 19.1 Å². The van der Waals surface area contributed by atoms with Crippen LogP contribution in [-0.2, 0) is 15.1 Å². The smallest absolute Gasteiger partial charge is 0.331 e. The largest absolute Gasteiger partial charge is 0.478 e. The molecule has 1 aromatic rings. The molecule has 0 saturated carbocycles. The molecule has 0 bridgehead atoms. The quantitative estimate of drug-likeness (QED) is 0.634. The van der Waals surface area contributed by atoms with E-state index in [4.69, 9.17) is 9.52 Å². The number of carboxylic acid groups (broad SMARTS) is 1. The minimum absolute atomic E-state index is 0.0669. The lowest BCUT2D eigenvalue weighted by Crippen LogP contribution is -2.40. The molecule has 1 aromatic heterocycles. The molecule has 2 rings (SSSR count). The first-order valence-electron chi connectivity index (χ1n) is 5.94. The lowest BCUT2D eigenvalue weighted by molar-refractivity contribution is -0.133. The second-order valence-electron chi connectivity index (χ2n) is 4.64. The topological polar surface area (TPSA) is 99.9 Å². The average molecular weight is 278 g/mol. The molecule has 3 amide bonds. The summed E-state index contributed by atoms with van der Waals surface area (Å²) in [6.07, 6.45) is 2.73. The molecule has 1 unspecified atom stereocenters. The lowest BCUT2D eigenvalue weighted by atomic mass is 9.99. The van der Waals surface area contributed by atoms with Gasteiger partial charge in [0.15, 0.2) is 5.54 Å². The summed E-state index contributed by atoms with van der Waals surface area (Å²) in [4.78, 5) is 35.8. The highest BCUT2D eigenvalue weighted by Crippen LogP contribution is 2.28. The molecule has 1 fully saturated rings. The predicted molar refractivity (Wildman–Crippen MR) is 67.7 cm³/mol. The summed E-state index contributed by atoms with van der Waals surface area (Å²) in [5, 5.41) is 11.3. The van der Waals surface area contributed by atoms with Crippen molar-refractivity contribution in [1.82, 2.24) is 10.2 Å². The van der Waals surface area contributed by atoms with Crippen LogP contribution >= 0.6 is 0 Å². The molecule has 1 aliphatic rings. The first kappa shape index (κ1) is 13.9. The summed E-state index contributed by atoms with van der Waals surface area (Å²) in [5.74, 6) is -1.24. The Morgan fingerprint density at radius 1 is 1.55 bits per heavy atom. The molecule has 1 atom stereocenters. The molecular weight excluding hydrogens is 264 g/mol. The number of hydrogen-bond acceptors (Lipinski definition) is 4. The van der Waals surface area contributed by atoms with Crippen molar-refractivity contribution in [3.63, 3.8) is 0 Å². The first-order chi connectivity index (χ1) is 9.36. The molecule has 7 heteroatoms. The average Bonchev–Trinajstić information content (AvgIpc) is 2.98. The Kier molecular flexibility index (Phi) is 3.35. The van der Waals surface area contributed by atoms with Crippen LogP contribution < -0.4 is 5.32 Å². The Morgan fingerprint density at radius 3 is 2.80 bits per heavy atom. The number of rotatable bonds is 4. The van der Waals surface area contributed by atoms with E-state index in [-0.39, 0.29) is 12.1 Å². The number of nitrogens with one attached hydrogen (secondary N) is 1. The monoisotopic (exact) mass is 278 g/mol. The van der Waals surface area contributed by atoms with Gasteiger partial charge in [-0.1, -0.05) is 6.08 Å². The van der Waals surface area contributed by atoms with E-state index in [1.807, 2.05) is 0 Å². The second-order valence-corrected chi connectivity index (χ2v) is 4.64. The first-order valence-corrected chi connectivity index (χ1v) is 5.94. The third-order valence-electron chi connectivity index (χ3n) is 3.21. The summed E-state index contributed by atoms with van der Waals surface area (Å²) in [6, 6.07) is 2.64. The fourth-order valence-corrected chi connectivity index (χ4v) is 1.91. The number of nitrogens with zero attached hydrogens (tertiary/aromatic N) is 1. The molecule has 20 heavy (non-hydrogen) atoms. The summed E-state index contributed by atoms with van der Waals surface area (Å²) >= 11 is 0. The maximum absolute atomic E-state index is 12.3. The summed E-state index contributed by atoms with van der Waals surface area (Å²) in [7, 11) is 0. The Labute approximate surface area is 114 Å². The van der Waals surface area contributed by atoms with Crippen molar-refractivity contribution < 1.29 is 23.9 Å². The van der Waals surface area contributed by atoms with Gasteiger partial charge in [0, 0.05) is 12.1 Å². The maximum atomic E-state index is 12.3. The Hall–Kier alpha value is -2.57. The highest BCUT2D eigenvalue weighted by atomic mass is 16.4. The van der Waals surface area contributed by atoms with Crippen molar-refractivity contribution in [2.45, 2.75) is 19.4 Å². The van der Waals surface area contributed by atoms with Gasteiger partial charge in [0.1, 0.15) is 5.76 Å². The fourth-order valence-electron chi connectivity index (χ4n) is 1.91. The minimum atomic E-state index is -1.26. The van der Waals surface area contributed by atoms with Gasteiger partial charge in [0.05, 0.1) is 6.26 Å². The summed E-state index contributed by atoms with van der Waals surface area (Å²) in [6.45, 7) is 2.84. The third-order valence-corrected chi connectivity index (χ3v) is 3.21. The number of carboxylic acids is 1. The Bertz CT molecular complexity index is 590. The minimum Gasteiger partial charge on any atom is -0.478 e. The van der Waals surface area contributed by atoms with Gasteiger partial charge in [-0.05, 0) is 26.0 Å². The number of imide groups is 1. The standard InChI is InChI=1S/C13H14N2O5/c1-8(10(16)17)5-6-15-11(18)13(2,14-12(15)19)9-4-3-7-20-9/h3-5,7H,6H2,1-2H3,(H,14,19)(H,16,17). The van der Waals surface area contributed by atoms with Crippen molar-refractivity contribution in [2.75, 3.05) is 6.54 Å². The molecule has 2 heterocycles. The molecule has 7 nitrogen and oxygen atoms in total. The van der Waals surface area contributed by atoms with Crippen LogP contribution in [0, 0.1) is 0 Å². The van der Waals surface area contributed by atoms with Crippen molar-refractivity contribution in [3.05, 3.63) is 35.8 Å². The third kappa shape index (κ3) is 2.18. The number of urea groups is 1. The number of amides is 3. The van der Waals surface area contributed by atoms with E-state index in [9.17, 15) is 14.4 Å². The molecule has 0 radical (unpaired) electrons. The van der Waals surface area contributed by atoms with Gasteiger partial charge >= 0.3 is 12.0 Å². The van der Waals surface area contributed by atoms with Crippen LogP contribution in [0.4, 0.5) is 4.79 Å². The molecule has 0 spiro atoms. The van der Waals surface area contributed by atoms with Crippen molar-refractivity contribution in [3.8, 4) is 0 Å². The predicted octanol–water partition coefficient (Wildman–Crippen LogP) is 1.08. The highest BCUT2D eigenvalue weighted by Gasteiger charge is 2.50. The molecule has 106 valence electrons. The van der Waals surface area contributed by atoms with E-state index >= 15 is 0 Å². The van der Waals surface area contributed by atoms with Gasteiger partial charge in [0.25, 0.3) is 5.91 Å². The van der Waals surface area contributed by atoms with E-state index in [1.165, 1.54) is 19.3 Å². The Balaban J connectivity index is 2.22. The number of furan rings is 1. The van der Waals surface area contributed by atoms with Crippen molar-refractivity contribution in [2.24, 2.45) is 0 Å². The zero-order valence-electron chi connectivity index (χ0n) is 11.0. The van der Waals surface area contributed by atoms with Crippen LogP contribution in [0.5, 0.6) is 0 Å². The van der Waals surface area contributed by atoms with E-state index in [0.717, 1.165) is 4.90 Å². The summed E-state index contributed by atoms with van der Waals surface area (Å²) < 4.78 is 5.18. The summed E-state index contributed by atoms with van der Waals surface area (Å²) in [5.41, 5.74) is -1.19. The normalized spacial score (nSPS) is 23.1. The van der Waals surface area contributed by atoms with Crippen LogP contribution in [0.15, 0.2) is 34.5 Å². The van der Waals surface area contributed by atoms with Gasteiger partial charge in [-0.3, -0.25) is 9.69 Å². The molecule has 1 saturated heterocycles. The Morgan fingerprint density at radius 2 is 2.25 bits per heavy atom. The second kappa shape index (κ2) is 4.84. The van der Waals surface area contributed by atoms with E-state index in [0.29, 0.717) is 5.76 Å². The van der Waals surface area contributed by atoms with Gasteiger partial charge in [-0.25, -0.2) is 9.59 Å². The number of carbonyl (C=O) groups is 3. The van der Waals surface area contributed by atoms with Crippen LogP contribution in [-0.4, -0.2) is 34.5 Å². The van der Waals surface area contributed by atoms with Gasteiger partial charge in [-0.15, -0.1) is 0 Å². The molecular formula is C13H14N2O5. The number of hydrogen-bond donors (Lipinski definition) is 2. The van der Waals surface area contributed by atoms with E-state index in [2.05, 4.69) is 5.32 Å². The maximum Gasteiger partial charge on any atom is 0.331 e. The van der Waals surface area contributed by atoms with Crippen molar-refractivity contribution in [1.29, 1.82) is 0 Å². The zero-order valence-corrected chi connectivity index (χ0v) is 11.0. The number of aliphatic carboxylic acids is 1.